The van der Waals surface area contributed by atoms with Gasteiger partial charge in [0.05, 0.1) is 10.6 Å². The van der Waals surface area contributed by atoms with Crippen LogP contribution in [0.2, 0.25) is 10.0 Å². The molecule has 0 saturated carbocycles. The second-order valence-electron chi connectivity index (χ2n) is 9.92. The fourth-order valence-electron chi connectivity index (χ4n) is 4.89. The van der Waals surface area contributed by atoms with Gasteiger partial charge in [0.15, 0.2) is 5.60 Å². The first-order valence-corrected chi connectivity index (χ1v) is 12.7. The largest absolute Gasteiger partial charge is 0.476 e. The number of ether oxygens (including phenoxy) is 1. The molecule has 13 heteroatoms. The summed E-state index contributed by atoms with van der Waals surface area (Å²) in [6, 6.07) is 5.56. The zero-order valence-corrected chi connectivity index (χ0v) is 22.1. The number of alkyl halides is 3. The number of aromatic nitrogens is 1. The number of rotatable bonds is 7. The zero-order valence-electron chi connectivity index (χ0n) is 20.5. The number of hydrogen-bond acceptors (Lipinski definition) is 5. The lowest BCUT2D eigenvalue weighted by Gasteiger charge is -2.40. The molecule has 1 unspecified atom stereocenters. The van der Waals surface area contributed by atoms with E-state index in [4.69, 9.17) is 27.9 Å². The smallest absolute Gasteiger partial charge is 0.405 e. The third-order valence-electron chi connectivity index (χ3n) is 6.70. The predicted octanol–water partition coefficient (Wildman–Crippen LogP) is 5.29. The van der Waals surface area contributed by atoms with Gasteiger partial charge in [-0.25, -0.2) is 9.37 Å². The van der Waals surface area contributed by atoms with Gasteiger partial charge in [-0.1, -0.05) is 23.2 Å². The zero-order chi connectivity index (χ0) is 27.8. The van der Waals surface area contributed by atoms with Crippen molar-refractivity contribution in [2.24, 2.45) is 0 Å². The first kappa shape index (κ1) is 28.2. The molecule has 0 spiro atoms. The first-order chi connectivity index (χ1) is 17.7. The van der Waals surface area contributed by atoms with Gasteiger partial charge >= 0.3 is 6.18 Å². The van der Waals surface area contributed by atoms with Crippen molar-refractivity contribution in [1.82, 2.24) is 15.6 Å². The molecule has 2 aromatic rings. The number of halogens is 6. The van der Waals surface area contributed by atoms with Crippen molar-refractivity contribution in [3.05, 3.63) is 51.9 Å². The van der Waals surface area contributed by atoms with Crippen LogP contribution in [0.15, 0.2) is 30.5 Å². The summed E-state index contributed by atoms with van der Waals surface area (Å²) in [5.74, 6) is -1.18. The summed E-state index contributed by atoms with van der Waals surface area (Å²) in [7, 11) is 0. The fourth-order valence-corrected chi connectivity index (χ4v) is 5.24. The lowest BCUT2D eigenvalue weighted by Crippen LogP contribution is -2.55. The predicted molar refractivity (Wildman–Crippen MR) is 134 cm³/mol. The van der Waals surface area contributed by atoms with Crippen molar-refractivity contribution >= 4 is 40.8 Å². The maximum absolute atomic E-state index is 13.6. The third-order valence-corrected chi connectivity index (χ3v) is 7.55. The summed E-state index contributed by atoms with van der Waals surface area (Å²) >= 11 is 11.9. The standard InChI is InChI=1S/C25H26Cl2F4N4O3/c1-24(2,38-18-7-6-17(28)20(26)21(18)27)23(37)34-14-9-15-4-5-16(10-14)35(15)19-8-3-13(11-32-19)22(36)33-12-25(29,30)31/h3,6-8,11,14-16H,4-5,9-10,12H2,1-2H3,(H,33,36)(H,34,37)/t14?,15-,16+. The Kier molecular flexibility index (Phi) is 7.99. The number of benzene rings is 1. The van der Waals surface area contributed by atoms with Gasteiger partial charge in [-0.3, -0.25) is 9.59 Å². The minimum absolute atomic E-state index is 0.0391. The van der Waals surface area contributed by atoms with Gasteiger partial charge in [0.25, 0.3) is 11.8 Å². The molecule has 3 heterocycles. The van der Waals surface area contributed by atoms with Crippen LogP contribution in [0.25, 0.3) is 0 Å². The number of pyridine rings is 1. The van der Waals surface area contributed by atoms with Crippen LogP contribution < -0.4 is 20.3 Å². The lowest BCUT2D eigenvalue weighted by atomic mass is 9.96. The van der Waals surface area contributed by atoms with Crippen LogP contribution in [0.4, 0.5) is 23.4 Å². The topological polar surface area (TPSA) is 83.6 Å². The highest BCUT2D eigenvalue weighted by Gasteiger charge is 2.43. The number of nitrogens with zero attached hydrogens (tertiary/aromatic N) is 2. The van der Waals surface area contributed by atoms with E-state index in [1.54, 1.807) is 19.9 Å². The van der Waals surface area contributed by atoms with Crippen molar-refractivity contribution in [1.29, 1.82) is 0 Å². The number of nitrogens with one attached hydrogen (secondary N) is 2. The van der Waals surface area contributed by atoms with Crippen LogP contribution in [-0.2, 0) is 4.79 Å². The third kappa shape index (κ3) is 6.26. The van der Waals surface area contributed by atoms with E-state index in [1.807, 2.05) is 5.32 Å². The summed E-state index contributed by atoms with van der Waals surface area (Å²) in [4.78, 5) is 31.5. The molecule has 3 atom stereocenters. The summed E-state index contributed by atoms with van der Waals surface area (Å²) in [6.45, 7) is 1.75. The average molecular weight is 577 g/mol. The minimum Gasteiger partial charge on any atom is -0.476 e. The molecule has 2 bridgehead atoms. The minimum atomic E-state index is -4.49. The normalized spacial score (nSPS) is 21.3. The molecule has 2 aliphatic heterocycles. The van der Waals surface area contributed by atoms with Crippen LogP contribution in [0.3, 0.4) is 0 Å². The molecule has 206 valence electrons. The Hall–Kier alpha value is -2.79. The molecule has 1 aromatic heterocycles. The SMILES string of the molecule is CC(C)(Oc1ccc(F)c(Cl)c1Cl)C(=O)NC1C[C@H]2CC[C@@H](C1)N2c1ccc(C(=O)NCC(F)(F)F)cn1. The van der Waals surface area contributed by atoms with Crippen LogP contribution in [-0.4, -0.2) is 53.2 Å². The molecular weight excluding hydrogens is 551 g/mol. The Morgan fingerprint density at radius 2 is 1.74 bits per heavy atom. The monoisotopic (exact) mass is 576 g/mol. The Labute approximate surface area is 226 Å². The van der Waals surface area contributed by atoms with Gasteiger partial charge in [-0.2, -0.15) is 13.2 Å². The van der Waals surface area contributed by atoms with E-state index < -0.39 is 30.0 Å². The molecule has 0 aliphatic carbocycles. The van der Waals surface area contributed by atoms with Gasteiger partial charge in [0.1, 0.15) is 29.0 Å². The quantitative estimate of drug-likeness (QED) is 0.345. The number of hydrogen-bond donors (Lipinski definition) is 2. The average Bonchev–Trinajstić information content (AvgIpc) is 3.12. The van der Waals surface area contributed by atoms with E-state index in [2.05, 4.69) is 15.2 Å². The van der Waals surface area contributed by atoms with Crippen LogP contribution in [0.1, 0.15) is 49.9 Å². The lowest BCUT2D eigenvalue weighted by molar-refractivity contribution is -0.135. The molecule has 2 N–H and O–H groups in total. The molecule has 0 radical (unpaired) electrons. The van der Waals surface area contributed by atoms with Gasteiger partial charge < -0.3 is 20.3 Å². The second-order valence-corrected chi connectivity index (χ2v) is 10.7. The van der Waals surface area contributed by atoms with E-state index in [9.17, 15) is 27.2 Å². The van der Waals surface area contributed by atoms with Crippen LogP contribution in [0, 0.1) is 5.82 Å². The Balaban J connectivity index is 1.36. The first-order valence-electron chi connectivity index (χ1n) is 12.0. The molecule has 38 heavy (non-hydrogen) atoms. The van der Waals surface area contributed by atoms with Crippen LogP contribution in [0.5, 0.6) is 5.75 Å². The van der Waals surface area contributed by atoms with E-state index in [0.29, 0.717) is 18.7 Å². The fraction of sp³-hybridized carbons (Fsp3) is 0.480. The maximum atomic E-state index is 13.6. The molecule has 7 nitrogen and oxygen atoms in total. The molecule has 2 fully saturated rings. The van der Waals surface area contributed by atoms with Gasteiger partial charge in [0.2, 0.25) is 0 Å². The number of anilines is 1. The number of amides is 2. The van der Waals surface area contributed by atoms with Crippen LogP contribution >= 0.6 is 23.2 Å². The van der Waals surface area contributed by atoms with Crippen molar-refractivity contribution in [3.8, 4) is 5.75 Å². The molecule has 1 aromatic carbocycles. The molecule has 4 rings (SSSR count). The Morgan fingerprint density at radius 1 is 1.08 bits per heavy atom. The maximum Gasteiger partial charge on any atom is 0.405 e. The van der Waals surface area contributed by atoms with E-state index >= 15 is 0 Å². The number of fused-ring (bicyclic) bond motifs is 2. The number of carbonyl (C=O) groups is 2. The summed E-state index contributed by atoms with van der Waals surface area (Å²) in [5, 5.41) is 4.47. The summed E-state index contributed by atoms with van der Waals surface area (Å²) < 4.78 is 56.5. The van der Waals surface area contributed by atoms with Crippen molar-refractivity contribution in [2.75, 3.05) is 11.4 Å². The van der Waals surface area contributed by atoms with Gasteiger partial charge in [-0.15, -0.1) is 0 Å². The number of piperidine rings is 1. The summed E-state index contributed by atoms with van der Waals surface area (Å²) in [5.41, 5.74) is -1.28. The highest BCUT2D eigenvalue weighted by atomic mass is 35.5. The van der Waals surface area contributed by atoms with Gasteiger partial charge in [0, 0.05) is 24.3 Å². The highest BCUT2D eigenvalue weighted by Crippen LogP contribution is 2.39. The number of carbonyl (C=O) groups excluding carboxylic acids is 2. The second kappa shape index (κ2) is 10.8. The summed E-state index contributed by atoms with van der Waals surface area (Å²) in [6.07, 6.45) is -0.160. The van der Waals surface area contributed by atoms with Gasteiger partial charge in [-0.05, 0) is 63.8 Å². The Bertz CT molecular complexity index is 1200. The van der Waals surface area contributed by atoms with E-state index in [-0.39, 0.29) is 45.4 Å². The van der Waals surface area contributed by atoms with E-state index in [0.717, 1.165) is 18.9 Å². The molecule has 2 amide bonds. The van der Waals surface area contributed by atoms with E-state index in [1.165, 1.54) is 18.3 Å². The van der Waals surface area contributed by atoms with Crippen molar-refractivity contribution in [3.63, 3.8) is 0 Å². The Morgan fingerprint density at radius 3 is 2.32 bits per heavy atom. The molecular formula is C25H26Cl2F4N4O3. The molecule has 2 aliphatic rings. The van der Waals surface area contributed by atoms with Crippen molar-refractivity contribution < 1.29 is 31.9 Å². The highest BCUT2D eigenvalue weighted by molar-refractivity contribution is 6.43. The van der Waals surface area contributed by atoms with Crippen molar-refractivity contribution in [2.45, 2.75) is 69.4 Å². The molecule has 2 saturated heterocycles.